The number of nitrogens with one attached hydrogen (secondary N) is 2. The third-order valence-corrected chi connectivity index (χ3v) is 3.46. The number of hydrogen-bond acceptors (Lipinski definition) is 5. The van der Waals surface area contributed by atoms with Crippen LogP contribution in [0.3, 0.4) is 0 Å². The maximum atomic E-state index is 11.0. The minimum atomic E-state index is -0.153. The second kappa shape index (κ2) is 12.2. The molecule has 0 aromatic carbocycles. The lowest BCUT2D eigenvalue weighted by molar-refractivity contribution is -0.140. The second-order valence-corrected chi connectivity index (χ2v) is 5.17. The highest BCUT2D eigenvalue weighted by molar-refractivity contribution is 5.79. The summed E-state index contributed by atoms with van der Waals surface area (Å²) in [6.45, 7) is 9.13. The van der Waals surface area contributed by atoms with Crippen molar-refractivity contribution in [2.24, 2.45) is 4.99 Å². The standard InChI is InChI=1S/C15H30N4O3/c1-3-16-15(17-7-5-4-6-14(20)21-2)18-8-9-19-10-12-22-13-11-19/h3-13H2,1-2H3,(H2,16,17,18). The molecular weight excluding hydrogens is 284 g/mol. The van der Waals surface area contributed by atoms with Gasteiger partial charge in [0.05, 0.1) is 20.3 Å². The maximum absolute atomic E-state index is 11.0. The zero-order valence-corrected chi connectivity index (χ0v) is 13.9. The van der Waals surface area contributed by atoms with Gasteiger partial charge in [-0.3, -0.25) is 14.7 Å². The Morgan fingerprint density at radius 2 is 2.05 bits per heavy atom. The summed E-state index contributed by atoms with van der Waals surface area (Å²) >= 11 is 0. The Kier molecular flexibility index (Phi) is 10.4. The summed E-state index contributed by atoms with van der Waals surface area (Å²) in [6.07, 6.45) is 2.16. The first-order valence-corrected chi connectivity index (χ1v) is 8.15. The molecule has 0 unspecified atom stereocenters. The van der Waals surface area contributed by atoms with Gasteiger partial charge in [-0.25, -0.2) is 0 Å². The fraction of sp³-hybridized carbons (Fsp3) is 0.867. The molecule has 0 aliphatic carbocycles. The Morgan fingerprint density at radius 1 is 1.27 bits per heavy atom. The van der Waals surface area contributed by atoms with E-state index in [0.717, 1.165) is 64.7 Å². The minimum Gasteiger partial charge on any atom is -0.469 e. The summed E-state index contributed by atoms with van der Waals surface area (Å²) in [6, 6.07) is 0. The van der Waals surface area contributed by atoms with Crippen molar-refractivity contribution in [3.8, 4) is 0 Å². The number of unbranched alkanes of at least 4 members (excludes halogenated alkanes) is 1. The molecule has 0 aromatic rings. The number of methoxy groups -OCH3 is 1. The smallest absolute Gasteiger partial charge is 0.305 e. The van der Waals surface area contributed by atoms with Gasteiger partial charge >= 0.3 is 5.97 Å². The molecule has 1 aliphatic rings. The van der Waals surface area contributed by atoms with Crippen LogP contribution in [0.15, 0.2) is 4.99 Å². The van der Waals surface area contributed by atoms with Crippen molar-refractivity contribution in [3.05, 3.63) is 0 Å². The molecule has 2 N–H and O–H groups in total. The Morgan fingerprint density at radius 3 is 2.73 bits per heavy atom. The molecule has 0 spiro atoms. The average molecular weight is 314 g/mol. The van der Waals surface area contributed by atoms with Crippen molar-refractivity contribution in [2.75, 3.05) is 59.6 Å². The predicted octanol–water partition coefficient (Wildman–Crippen LogP) is 0.217. The first kappa shape index (κ1) is 18.7. The van der Waals surface area contributed by atoms with Gasteiger partial charge in [0.15, 0.2) is 5.96 Å². The van der Waals surface area contributed by atoms with Crippen molar-refractivity contribution in [1.82, 2.24) is 15.5 Å². The Balaban J connectivity index is 2.16. The molecule has 7 nitrogen and oxygen atoms in total. The zero-order valence-electron chi connectivity index (χ0n) is 13.9. The van der Waals surface area contributed by atoms with Crippen molar-refractivity contribution in [2.45, 2.75) is 26.2 Å². The zero-order chi connectivity index (χ0) is 16.0. The van der Waals surface area contributed by atoms with E-state index in [4.69, 9.17) is 4.74 Å². The number of carbonyl (C=O) groups is 1. The van der Waals surface area contributed by atoms with E-state index < -0.39 is 0 Å². The highest BCUT2D eigenvalue weighted by atomic mass is 16.5. The molecule has 1 saturated heterocycles. The van der Waals surface area contributed by atoms with Crippen molar-refractivity contribution in [3.63, 3.8) is 0 Å². The van der Waals surface area contributed by atoms with Crippen LogP contribution >= 0.6 is 0 Å². The summed E-state index contributed by atoms with van der Waals surface area (Å²) in [5.74, 6) is 0.688. The van der Waals surface area contributed by atoms with Crippen LogP contribution in [0.4, 0.5) is 0 Å². The third-order valence-electron chi connectivity index (χ3n) is 3.46. The second-order valence-electron chi connectivity index (χ2n) is 5.17. The Labute approximate surface area is 133 Å². The quantitative estimate of drug-likeness (QED) is 0.274. The monoisotopic (exact) mass is 314 g/mol. The number of guanidine groups is 1. The fourth-order valence-corrected chi connectivity index (χ4v) is 2.17. The van der Waals surface area contributed by atoms with Crippen LogP contribution in [-0.2, 0) is 14.3 Å². The van der Waals surface area contributed by atoms with E-state index in [-0.39, 0.29) is 5.97 Å². The number of aliphatic imine (C=N–C) groups is 1. The van der Waals surface area contributed by atoms with E-state index in [9.17, 15) is 4.79 Å². The van der Waals surface area contributed by atoms with Gasteiger partial charge in [-0.2, -0.15) is 0 Å². The predicted molar refractivity (Wildman–Crippen MR) is 87.1 cm³/mol. The summed E-state index contributed by atoms with van der Waals surface area (Å²) in [5.41, 5.74) is 0. The Bertz CT molecular complexity index is 331. The lowest BCUT2D eigenvalue weighted by atomic mass is 10.2. The molecule has 0 saturated carbocycles. The number of hydrogen-bond donors (Lipinski definition) is 2. The topological polar surface area (TPSA) is 75.2 Å². The highest BCUT2D eigenvalue weighted by Gasteiger charge is 2.09. The summed E-state index contributed by atoms with van der Waals surface area (Å²) in [7, 11) is 1.42. The van der Waals surface area contributed by atoms with E-state index in [1.807, 2.05) is 0 Å². The minimum absolute atomic E-state index is 0.153. The molecule has 1 heterocycles. The number of esters is 1. The van der Waals surface area contributed by atoms with Crippen molar-refractivity contribution < 1.29 is 14.3 Å². The summed E-state index contributed by atoms with van der Waals surface area (Å²) in [5, 5.41) is 6.58. The largest absolute Gasteiger partial charge is 0.469 e. The van der Waals surface area contributed by atoms with Crippen molar-refractivity contribution in [1.29, 1.82) is 0 Å². The lowest BCUT2D eigenvalue weighted by Crippen LogP contribution is -2.44. The van der Waals surface area contributed by atoms with Crippen LogP contribution in [0.2, 0.25) is 0 Å². The molecular formula is C15H30N4O3. The number of nitrogens with zero attached hydrogens (tertiary/aromatic N) is 2. The van der Waals surface area contributed by atoms with Crippen LogP contribution in [-0.4, -0.2) is 76.4 Å². The molecule has 0 radical (unpaired) electrons. The normalized spacial score (nSPS) is 16.4. The van der Waals surface area contributed by atoms with E-state index in [1.165, 1.54) is 7.11 Å². The third kappa shape index (κ3) is 8.84. The molecule has 1 fully saturated rings. The van der Waals surface area contributed by atoms with Crippen LogP contribution in [0.25, 0.3) is 0 Å². The number of rotatable bonds is 9. The molecule has 22 heavy (non-hydrogen) atoms. The van der Waals surface area contributed by atoms with Crippen LogP contribution in [0, 0.1) is 0 Å². The van der Waals surface area contributed by atoms with E-state index in [2.05, 4.69) is 32.2 Å². The molecule has 0 bridgehead atoms. The van der Waals surface area contributed by atoms with E-state index in [0.29, 0.717) is 13.0 Å². The van der Waals surface area contributed by atoms with E-state index >= 15 is 0 Å². The summed E-state index contributed by atoms with van der Waals surface area (Å²) in [4.78, 5) is 17.9. The maximum Gasteiger partial charge on any atom is 0.305 e. The van der Waals surface area contributed by atoms with Gasteiger partial charge in [0, 0.05) is 45.7 Å². The summed E-state index contributed by atoms with van der Waals surface area (Å²) < 4.78 is 9.95. The van der Waals surface area contributed by atoms with Gasteiger partial charge in [0.25, 0.3) is 0 Å². The van der Waals surface area contributed by atoms with Gasteiger partial charge in [-0.05, 0) is 19.8 Å². The molecule has 0 atom stereocenters. The van der Waals surface area contributed by atoms with Gasteiger partial charge in [0.2, 0.25) is 0 Å². The SMILES string of the molecule is CCNC(=NCCCCC(=O)OC)NCCN1CCOCC1. The van der Waals surface area contributed by atoms with Crippen LogP contribution in [0.1, 0.15) is 26.2 Å². The Hall–Kier alpha value is -1.34. The molecule has 0 aromatic heterocycles. The van der Waals surface area contributed by atoms with Gasteiger partial charge in [-0.15, -0.1) is 0 Å². The number of morpholine rings is 1. The molecule has 1 rings (SSSR count). The van der Waals surface area contributed by atoms with Crippen molar-refractivity contribution >= 4 is 11.9 Å². The molecule has 0 amide bonds. The number of carbonyl (C=O) groups excluding carboxylic acids is 1. The lowest BCUT2D eigenvalue weighted by Gasteiger charge is -2.26. The number of ether oxygens (including phenoxy) is 2. The first-order chi connectivity index (χ1) is 10.8. The average Bonchev–Trinajstić information content (AvgIpc) is 2.55. The van der Waals surface area contributed by atoms with Crippen LogP contribution in [0.5, 0.6) is 0 Å². The van der Waals surface area contributed by atoms with Crippen LogP contribution < -0.4 is 10.6 Å². The molecule has 7 heteroatoms. The highest BCUT2D eigenvalue weighted by Crippen LogP contribution is 1.97. The molecule has 1 aliphatic heterocycles. The van der Waals surface area contributed by atoms with Gasteiger partial charge in [0.1, 0.15) is 0 Å². The molecule has 128 valence electrons. The van der Waals surface area contributed by atoms with Gasteiger partial charge in [-0.1, -0.05) is 0 Å². The van der Waals surface area contributed by atoms with E-state index in [1.54, 1.807) is 0 Å². The van der Waals surface area contributed by atoms with Gasteiger partial charge < -0.3 is 20.1 Å². The first-order valence-electron chi connectivity index (χ1n) is 8.15. The fourth-order valence-electron chi connectivity index (χ4n) is 2.17.